The van der Waals surface area contributed by atoms with E-state index in [0.717, 1.165) is 0 Å². The molecule has 3 rings (SSSR count). The molecule has 0 spiro atoms. The van der Waals surface area contributed by atoms with Crippen LogP contribution in [0.2, 0.25) is 0 Å². The number of rotatable bonds is 4. The smallest absolute Gasteiger partial charge is 0.307 e. The topological polar surface area (TPSA) is 78.9 Å². The number of nitrogens with zero attached hydrogens (tertiary/aromatic N) is 1. The molecule has 1 amide bonds. The number of amides is 1. The lowest BCUT2D eigenvalue weighted by Gasteiger charge is -2.37. The molecular weight excluding hydrogens is 351 g/mol. The number of allylic oxidation sites excluding steroid dienone is 2. The Morgan fingerprint density at radius 2 is 1.78 bits per heavy atom. The molecule has 27 heavy (non-hydrogen) atoms. The van der Waals surface area contributed by atoms with Crippen LogP contribution in [0.3, 0.4) is 0 Å². The summed E-state index contributed by atoms with van der Waals surface area (Å²) in [5, 5.41) is 12.0. The summed E-state index contributed by atoms with van der Waals surface area (Å²) < 4.78 is 20.3. The maximum atomic E-state index is 14.6. The molecule has 1 saturated heterocycles. The fraction of sp³-hybridized carbons (Fsp3) is 0.500. The Hall–Kier alpha value is -2.41. The van der Waals surface area contributed by atoms with Crippen LogP contribution in [0.1, 0.15) is 26.7 Å². The summed E-state index contributed by atoms with van der Waals surface area (Å²) in [6.45, 7) is 5.10. The van der Waals surface area contributed by atoms with Gasteiger partial charge in [0, 0.05) is 18.8 Å². The standard InChI is InChI=1S/C20H25FN2O4/c1-12-10-23(11-13(2)27-12)18-8-7-14(9-17(18)21)22-19(24)15-5-3-4-6-16(15)20(25)26/h3-4,7-9,12-13,15-16H,5-6,10-11H2,1-2H3,(H,22,24)(H,25,26). The number of benzene rings is 1. The average Bonchev–Trinajstić information content (AvgIpc) is 2.60. The Morgan fingerprint density at radius 1 is 1.15 bits per heavy atom. The van der Waals surface area contributed by atoms with E-state index >= 15 is 0 Å². The zero-order valence-corrected chi connectivity index (χ0v) is 15.5. The van der Waals surface area contributed by atoms with Crippen LogP contribution in [0.15, 0.2) is 30.4 Å². The molecule has 4 atom stereocenters. The van der Waals surface area contributed by atoms with Crippen LogP contribution in [-0.2, 0) is 14.3 Å². The minimum absolute atomic E-state index is 0.0137. The van der Waals surface area contributed by atoms with Crippen molar-refractivity contribution in [2.45, 2.75) is 38.9 Å². The average molecular weight is 376 g/mol. The fourth-order valence-corrected chi connectivity index (χ4v) is 3.83. The summed E-state index contributed by atoms with van der Waals surface area (Å²) in [5.41, 5.74) is 0.799. The van der Waals surface area contributed by atoms with Crippen molar-refractivity contribution in [1.29, 1.82) is 0 Å². The molecule has 0 aromatic heterocycles. The van der Waals surface area contributed by atoms with Gasteiger partial charge in [-0.3, -0.25) is 9.59 Å². The van der Waals surface area contributed by atoms with Crippen LogP contribution >= 0.6 is 0 Å². The maximum Gasteiger partial charge on any atom is 0.307 e. The molecule has 1 aliphatic heterocycles. The van der Waals surface area contributed by atoms with Crippen molar-refractivity contribution in [3.05, 3.63) is 36.2 Å². The molecule has 4 unspecified atom stereocenters. The Kier molecular flexibility index (Phi) is 5.79. The van der Waals surface area contributed by atoms with E-state index in [1.807, 2.05) is 24.8 Å². The number of carbonyl (C=O) groups is 2. The van der Waals surface area contributed by atoms with Gasteiger partial charge in [-0.05, 0) is 44.9 Å². The number of anilines is 2. The fourth-order valence-electron chi connectivity index (χ4n) is 3.83. The molecule has 1 aliphatic carbocycles. The van der Waals surface area contributed by atoms with Crippen LogP contribution in [0.4, 0.5) is 15.8 Å². The Balaban J connectivity index is 1.71. The summed E-state index contributed by atoms with van der Waals surface area (Å²) in [4.78, 5) is 25.8. The van der Waals surface area contributed by atoms with Crippen LogP contribution in [0.5, 0.6) is 0 Å². The highest BCUT2D eigenvalue weighted by molar-refractivity contribution is 5.95. The highest BCUT2D eigenvalue weighted by atomic mass is 19.1. The van der Waals surface area contributed by atoms with Crippen molar-refractivity contribution in [2.24, 2.45) is 11.8 Å². The number of carboxylic acids is 1. The number of morpholine rings is 1. The van der Waals surface area contributed by atoms with E-state index < -0.39 is 29.5 Å². The lowest BCUT2D eigenvalue weighted by molar-refractivity contribution is -0.146. The molecule has 1 aromatic carbocycles. The molecule has 7 heteroatoms. The molecule has 2 N–H and O–H groups in total. The monoisotopic (exact) mass is 376 g/mol. The zero-order chi connectivity index (χ0) is 19.6. The molecule has 1 aromatic rings. The first-order valence-electron chi connectivity index (χ1n) is 9.23. The molecule has 0 bridgehead atoms. The first-order valence-corrected chi connectivity index (χ1v) is 9.23. The molecule has 0 saturated carbocycles. The number of nitrogens with one attached hydrogen (secondary N) is 1. The summed E-state index contributed by atoms with van der Waals surface area (Å²) in [5.74, 6) is -3.22. The van der Waals surface area contributed by atoms with Crippen molar-refractivity contribution in [3.63, 3.8) is 0 Å². The Bertz CT molecular complexity index is 741. The van der Waals surface area contributed by atoms with Crippen molar-refractivity contribution in [3.8, 4) is 0 Å². The summed E-state index contributed by atoms with van der Waals surface area (Å²) >= 11 is 0. The Morgan fingerprint density at radius 3 is 2.37 bits per heavy atom. The van der Waals surface area contributed by atoms with Crippen LogP contribution in [-0.4, -0.2) is 42.3 Å². The summed E-state index contributed by atoms with van der Waals surface area (Å²) in [7, 11) is 0. The van der Waals surface area contributed by atoms with Crippen molar-refractivity contribution in [1.82, 2.24) is 0 Å². The quantitative estimate of drug-likeness (QED) is 0.790. The minimum atomic E-state index is -0.989. The van der Waals surface area contributed by atoms with Gasteiger partial charge in [0.1, 0.15) is 5.82 Å². The van der Waals surface area contributed by atoms with Gasteiger partial charge in [0.25, 0.3) is 0 Å². The van der Waals surface area contributed by atoms with E-state index in [2.05, 4.69) is 5.32 Å². The zero-order valence-electron chi connectivity index (χ0n) is 15.5. The second-order valence-corrected chi connectivity index (χ2v) is 7.31. The van der Waals surface area contributed by atoms with Gasteiger partial charge in [-0.15, -0.1) is 0 Å². The van der Waals surface area contributed by atoms with Crippen molar-refractivity contribution >= 4 is 23.3 Å². The normalized spacial score (nSPS) is 28.0. The maximum absolute atomic E-state index is 14.6. The van der Waals surface area contributed by atoms with Gasteiger partial charge in [0.05, 0.1) is 29.7 Å². The third-order valence-electron chi connectivity index (χ3n) is 5.06. The number of ether oxygens (including phenoxy) is 1. The van der Waals surface area contributed by atoms with Gasteiger partial charge in [0.15, 0.2) is 0 Å². The SMILES string of the molecule is CC1CN(c2ccc(NC(=O)C3CC=CCC3C(=O)O)cc2F)CC(C)O1. The Labute approximate surface area is 158 Å². The van der Waals surface area contributed by atoms with E-state index in [4.69, 9.17) is 4.74 Å². The molecule has 0 radical (unpaired) electrons. The minimum Gasteiger partial charge on any atom is -0.481 e. The predicted molar refractivity (Wildman–Crippen MR) is 100 cm³/mol. The third kappa shape index (κ3) is 4.47. The first kappa shape index (κ1) is 19.4. The van der Waals surface area contributed by atoms with Gasteiger partial charge in [-0.1, -0.05) is 12.2 Å². The van der Waals surface area contributed by atoms with Crippen molar-refractivity contribution in [2.75, 3.05) is 23.3 Å². The molecule has 6 nitrogen and oxygen atoms in total. The van der Waals surface area contributed by atoms with Crippen LogP contribution in [0, 0.1) is 17.7 Å². The number of carbonyl (C=O) groups excluding carboxylic acids is 1. The van der Waals surface area contributed by atoms with Crippen molar-refractivity contribution < 1.29 is 23.8 Å². The molecule has 1 heterocycles. The number of hydrogen-bond donors (Lipinski definition) is 2. The van der Waals surface area contributed by atoms with Gasteiger partial charge in [0.2, 0.25) is 5.91 Å². The highest BCUT2D eigenvalue weighted by Crippen LogP contribution is 2.29. The molecule has 1 fully saturated rings. The lowest BCUT2D eigenvalue weighted by Crippen LogP contribution is -2.45. The van der Waals surface area contributed by atoms with Gasteiger partial charge >= 0.3 is 5.97 Å². The highest BCUT2D eigenvalue weighted by Gasteiger charge is 2.34. The van der Waals surface area contributed by atoms with E-state index in [-0.39, 0.29) is 12.2 Å². The number of aliphatic carboxylic acids is 1. The van der Waals surface area contributed by atoms with Gasteiger partial charge in [-0.2, -0.15) is 0 Å². The van der Waals surface area contributed by atoms with Crippen LogP contribution < -0.4 is 10.2 Å². The third-order valence-corrected chi connectivity index (χ3v) is 5.06. The largest absolute Gasteiger partial charge is 0.481 e. The first-order chi connectivity index (χ1) is 12.8. The van der Waals surface area contributed by atoms with E-state index in [1.165, 1.54) is 6.07 Å². The predicted octanol–water partition coefficient (Wildman–Crippen LogP) is 3.04. The number of hydrogen-bond acceptors (Lipinski definition) is 4. The molecule has 146 valence electrons. The lowest BCUT2D eigenvalue weighted by atomic mass is 9.82. The van der Waals surface area contributed by atoms with Crippen LogP contribution in [0.25, 0.3) is 0 Å². The van der Waals surface area contributed by atoms with E-state index in [1.54, 1.807) is 18.2 Å². The number of halogens is 1. The molecular formula is C20H25FN2O4. The number of carboxylic acid groups (broad SMARTS) is 1. The summed E-state index contributed by atoms with van der Waals surface area (Å²) in [6.07, 6.45) is 4.32. The van der Waals surface area contributed by atoms with E-state index in [0.29, 0.717) is 37.3 Å². The summed E-state index contributed by atoms with van der Waals surface area (Å²) in [6, 6.07) is 4.58. The second kappa shape index (κ2) is 8.08. The second-order valence-electron chi connectivity index (χ2n) is 7.31. The van der Waals surface area contributed by atoms with E-state index in [9.17, 15) is 19.1 Å². The van der Waals surface area contributed by atoms with Gasteiger partial charge < -0.3 is 20.1 Å². The molecule has 2 aliphatic rings. The van der Waals surface area contributed by atoms with Gasteiger partial charge in [-0.25, -0.2) is 4.39 Å².